The van der Waals surface area contributed by atoms with Gasteiger partial charge in [-0.2, -0.15) is 0 Å². The minimum Gasteiger partial charge on any atom is -0.395 e. The Kier molecular flexibility index (Phi) is 17.4. The fourth-order valence-corrected chi connectivity index (χ4v) is 6.53. The number of carbonyl (C=O) groups excluding carboxylic acids is 7. The summed E-state index contributed by atoms with van der Waals surface area (Å²) in [6, 6.07) is 17.6. The zero-order valence-electron chi connectivity index (χ0n) is 35.8. The normalized spacial score (nSPS) is 14.6. The number of guanidine groups is 4. The molecule has 0 saturated carbocycles. The van der Waals surface area contributed by atoms with E-state index >= 15 is 0 Å². The molecule has 362 valence electrons. The van der Waals surface area contributed by atoms with Gasteiger partial charge in [-0.25, -0.2) is 20.0 Å². The second kappa shape index (κ2) is 23.1. The van der Waals surface area contributed by atoms with Gasteiger partial charge in [0.05, 0.1) is 18.2 Å². The van der Waals surface area contributed by atoms with Gasteiger partial charge in [0.15, 0.2) is 30.0 Å². The van der Waals surface area contributed by atoms with Gasteiger partial charge < -0.3 is 99.8 Å². The van der Waals surface area contributed by atoms with Crippen LogP contribution in [0.1, 0.15) is 22.7 Å². The lowest BCUT2D eigenvalue weighted by molar-refractivity contribution is -0.135. The molecule has 0 fully saturated rings. The van der Waals surface area contributed by atoms with Crippen molar-refractivity contribution in [2.24, 2.45) is 89.1 Å². The first kappa shape index (κ1) is 51.3. The standard InChI is InChI=1S/C38H52N22O8/c39-23(24(40)62)51-31(65)25(56-35(41)42)53-33(67)27(58-37(45)46)55-34(68)28(59-38(47)48)54-32(66)26(57-36(43)44)52-30(64)21(14-6-2-1-3-7-14)50-29(63)20(13-61)19-12-17-10-15-8-4-5-9-16(15)11-18(17)22(19)60-49/h1-11,20-21,23,25-28,60-61H,12-13,39,49H2,(H2,40,62)(H,50,63)(H,51,65)(H,52,64)(H,53,67)(H,54,66)(H,55,68)(H4,41,42,56)(H4,43,44,57)(H4,45,46,58)(H4,47,48,59). The van der Waals surface area contributed by atoms with E-state index in [0.29, 0.717) is 16.8 Å². The highest BCUT2D eigenvalue weighted by atomic mass is 16.3. The number of hydrogen-bond donors (Lipinski definition) is 19. The van der Waals surface area contributed by atoms with E-state index in [-0.39, 0.29) is 12.0 Å². The molecule has 30 nitrogen and oxygen atoms in total. The first-order valence-electron chi connectivity index (χ1n) is 19.7. The van der Waals surface area contributed by atoms with Gasteiger partial charge in [0.2, 0.25) is 36.5 Å². The van der Waals surface area contributed by atoms with Crippen LogP contribution in [0.4, 0.5) is 0 Å². The predicted molar refractivity (Wildman–Crippen MR) is 246 cm³/mol. The maximum atomic E-state index is 14.2. The van der Waals surface area contributed by atoms with Crippen LogP contribution in [0.3, 0.4) is 0 Å². The smallest absolute Gasteiger partial charge is 0.267 e. The molecular formula is C38H52N22O8. The molecule has 3 aromatic carbocycles. The lowest BCUT2D eigenvalue weighted by Gasteiger charge is -2.25. The van der Waals surface area contributed by atoms with Gasteiger partial charge in [0.1, 0.15) is 6.04 Å². The fraction of sp³-hybridized carbons (Fsp3) is 0.237. The number of aliphatic imine (C=N–C) groups is 4. The van der Waals surface area contributed by atoms with Crippen molar-refractivity contribution >= 4 is 81.7 Å². The average molecular weight is 945 g/mol. The molecule has 0 heterocycles. The number of fused-ring (bicyclic) bond motifs is 2. The number of aliphatic hydroxyl groups excluding tert-OH is 1. The van der Waals surface area contributed by atoms with E-state index in [1.165, 1.54) is 12.1 Å². The molecule has 3 aromatic rings. The molecule has 0 saturated heterocycles. The van der Waals surface area contributed by atoms with E-state index in [9.17, 15) is 38.7 Å². The van der Waals surface area contributed by atoms with Crippen molar-refractivity contribution in [3.05, 3.63) is 89.0 Å². The summed E-state index contributed by atoms with van der Waals surface area (Å²) in [6.07, 6.45) is -10.0. The molecule has 1 aliphatic rings. The van der Waals surface area contributed by atoms with Crippen LogP contribution in [0.2, 0.25) is 0 Å². The molecule has 0 radical (unpaired) electrons. The molecule has 1 aliphatic carbocycles. The van der Waals surface area contributed by atoms with Crippen LogP contribution in [0.25, 0.3) is 16.5 Å². The molecule has 0 aliphatic heterocycles. The van der Waals surface area contributed by atoms with Crippen molar-refractivity contribution < 1.29 is 38.7 Å². The summed E-state index contributed by atoms with van der Waals surface area (Å²) in [7, 11) is 0. The number of hydrogen-bond acceptors (Lipinski definition) is 15. The largest absolute Gasteiger partial charge is 0.395 e. The van der Waals surface area contributed by atoms with Gasteiger partial charge in [0.25, 0.3) is 29.5 Å². The summed E-state index contributed by atoms with van der Waals surface area (Å²) >= 11 is 0. The summed E-state index contributed by atoms with van der Waals surface area (Å²) in [4.78, 5) is 108. The highest BCUT2D eigenvalue weighted by molar-refractivity contribution is 6.00. The Balaban J connectivity index is 1.60. The van der Waals surface area contributed by atoms with Gasteiger partial charge in [-0.3, -0.25) is 39.4 Å². The fourth-order valence-electron chi connectivity index (χ4n) is 6.53. The van der Waals surface area contributed by atoms with Gasteiger partial charge in [0, 0.05) is 5.56 Å². The number of aliphatic hydroxyl groups is 1. The SMILES string of the molecule is NNC1=C(C(CO)C(=O)NC(C(=O)NC(N=C(N)N)C(=O)NC(N=C(N)N)C(=O)NC(N=C(N)N)C(=O)NC(N=C(N)N)C(=O)NC(N)C(N)=O)c2ccccc2)Cc2cc3ccccc3cc21. The van der Waals surface area contributed by atoms with E-state index in [1.54, 1.807) is 18.2 Å². The number of nitrogens with one attached hydrogen (secondary N) is 7. The molecule has 7 amide bonds. The number of carbonyl (C=O) groups is 7. The van der Waals surface area contributed by atoms with Crippen molar-refractivity contribution in [3.8, 4) is 0 Å². The van der Waals surface area contributed by atoms with Crippen molar-refractivity contribution in [2.45, 2.75) is 43.3 Å². The van der Waals surface area contributed by atoms with Gasteiger partial charge >= 0.3 is 0 Å². The third-order valence-corrected chi connectivity index (χ3v) is 9.51. The second-order valence-corrected chi connectivity index (χ2v) is 14.4. The summed E-state index contributed by atoms with van der Waals surface area (Å²) in [5.74, 6) is -6.90. The van der Waals surface area contributed by atoms with E-state index in [0.717, 1.165) is 16.3 Å². The summed E-state index contributed by atoms with van der Waals surface area (Å²) in [5.41, 5.74) is 59.7. The maximum absolute atomic E-state index is 14.2. The number of nitrogens with two attached hydrogens (primary N) is 11. The highest BCUT2D eigenvalue weighted by Crippen LogP contribution is 2.37. The van der Waals surface area contributed by atoms with Gasteiger partial charge in [-0.1, -0.05) is 60.7 Å². The molecule has 4 rings (SSSR count). The Morgan fingerprint density at radius 2 is 0.956 bits per heavy atom. The highest BCUT2D eigenvalue weighted by Gasteiger charge is 2.36. The molecule has 30 heteroatoms. The average Bonchev–Trinajstić information content (AvgIpc) is 3.62. The minimum absolute atomic E-state index is 0.197. The minimum atomic E-state index is -2.18. The van der Waals surface area contributed by atoms with Crippen LogP contribution >= 0.6 is 0 Å². The van der Waals surface area contributed by atoms with Crippen LogP contribution in [0.5, 0.6) is 0 Å². The zero-order valence-corrected chi connectivity index (χ0v) is 35.8. The van der Waals surface area contributed by atoms with Crippen molar-refractivity contribution in [2.75, 3.05) is 6.61 Å². The monoisotopic (exact) mass is 944 g/mol. The number of nitrogens with zero attached hydrogens (tertiary/aromatic N) is 4. The van der Waals surface area contributed by atoms with Crippen LogP contribution < -0.4 is 101 Å². The summed E-state index contributed by atoms with van der Waals surface area (Å²) in [5, 5.41) is 25.4. The van der Waals surface area contributed by atoms with E-state index < -0.39 is 115 Å². The third kappa shape index (κ3) is 13.6. The van der Waals surface area contributed by atoms with Crippen molar-refractivity contribution in [3.63, 3.8) is 0 Å². The number of primary amides is 1. The first-order chi connectivity index (χ1) is 32.1. The van der Waals surface area contributed by atoms with Crippen LogP contribution in [-0.4, -0.2) is 108 Å². The number of rotatable bonds is 21. The lowest BCUT2D eigenvalue weighted by atomic mass is 9.95. The quantitative estimate of drug-likeness (QED) is 0.0155. The van der Waals surface area contributed by atoms with E-state index in [4.69, 9.17) is 63.2 Å². The van der Waals surface area contributed by atoms with E-state index in [2.05, 4.69) is 41.3 Å². The molecule has 0 aromatic heterocycles. The Bertz CT molecular complexity index is 2570. The Morgan fingerprint density at radius 1 is 0.544 bits per heavy atom. The van der Waals surface area contributed by atoms with E-state index in [1.807, 2.05) is 52.3 Å². The topological polar surface area (TPSA) is 560 Å². The lowest BCUT2D eigenvalue weighted by Crippen LogP contribution is -2.60. The molecule has 68 heavy (non-hydrogen) atoms. The predicted octanol–water partition coefficient (Wildman–Crippen LogP) is -9.21. The Labute approximate surface area is 385 Å². The molecule has 30 N–H and O–H groups in total. The maximum Gasteiger partial charge on any atom is 0.267 e. The molecule has 7 unspecified atom stereocenters. The van der Waals surface area contributed by atoms with Crippen molar-refractivity contribution in [1.82, 2.24) is 37.3 Å². The summed E-state index contributed by atoms with van der Waals surface area (Å²) < 4.78 is 0. The number of hydrazine groups is 1. The van der Waals surface area contributed by atoms with Crippen LogP contribution in [0, 0.1) is 5.92 Å². The molecular weight excluding hydrogens is 893 g/mol. The first-order valence-corrected chi connectivity index (χ1v) is 19.7. The third-order valence-electron chi connectivity index (χ3n) is 9.51. The number of benzene rings is 3. The van der Waals surface area contributed by atoms with Crippen molar-refractivity contribution in [1.29, 1.82) is 0 Å². The van der Waals surface area contributed by atoms with Gasteiger partial charge in [-0.15, -0.1) is 0 Å². The zero-order chi connectivity index (χ0) is 50.4. The van der Waals surface area contributed by atoms with Gasteiger partial charge in [-0.05, 0) is 40.0 Å². The Morgan fingerprint density at radius 3 is 1.37 bits per heavy atom. The Hall–Kier alpha value is -9.29. The van der Waals surface area contributed by atoms with Crippen LogP contribution in [-0.2, 0) is 40.0 Å². The number of amides is 7. The molecule has 0 spiro atoms. The second-order valence-electron chi connectivity index (χ2n) is 14.4. The van der Waals surface area contributed by atoms with Crippen LogP contribution in [0.15, 0.2) is 92.3 Å². The molecule has 0 bridgehead atoms. The molecule has 7 atom stereocenters. The summed E-state index contributed by atoms with van der Waals surface area (Å²) in [6.45, 7) is -0.709.